The maximum atomic E-state index is 14.9. The minimum atomic E-state index is -1.31. The Kier molecular flexibility index (Phi) is 43.7. The van der Waals surface area contributed by atoms with Gasteiger partial charge in [-0.15, -0.1) is 0 Å². The van der Waals surface area contributed by atoms with Crippen LogP contribution in [0.5, 0.6) is 11.5 Å². The van der Waals surface area contributed by atoms with E-state index >= 15 is 0 Å². The topological polar surface area (TPSA) is 626 Å². The van der Waals surface area contributed by atoms with Crippen LogP contribution in [0.1, 0.15) is 112 Å². The number of rotatable bonds is 34. The standard InChI is InChI=1S/C96H134I2N26O16/c1-123-75(89(137)117-69(17-9-35-111-93(99)100)87(135)119-71(47-59-25-29-63-13-3-5-15-65(63)43-59)85(133)113-51-83(131)115-73(91(123)139)49-61-27-31-77(125)67(97)45-61)19-11-33-109-79(127)21-7-23-81(129)121-95-53-103-37-40-106-56-96(57-107-41-38-104-54-95,58-108-42-39-105-55-95)122-82(130)24-8-22-80(128)110-34-12-20-76-90(138)118-70(18-10-36-112-94(101)102)88(136)120-72(48-60-26-30-64-14-4-6-16-66(64)44-60)86(134)114-52-84(132)116-74(92(140)124(76)2)50-62-28-32-78(126)68(98)46-62/h3-6,13-16,25-32,43-46,69-76,103-108,125-126H,7-12,17-24,33-42,47-58H2,1-2H3,(H,109,127)(H,110,128)(H,113,133)(H,114,134)(H,115,131)(H,116,132)(H,117,137)(H,118,138)(H,119,135)(H,120,136)(H,121,129)(H,122,130)(H4,99,100,111)(H4,101,102,112)/t69-,70+,71-,72+,73+,74-,75+,76-,95?,96?. The van der Waals surface area contributed by atoms with E-state index in [2.05, 4.69) is 106 Å². The number of nitrogens with zero attached hydrogens (tertiary/aromatic N) is 2. The maximum Gasteiger partial charge on any atom is 0.245 e. The Labute approximate surface area is 840 Å². The number of carbonyl (C=O) groups is 14. The summed E-state index contributed by atoms with van der Waals surface area (Å²) in [5.41, 5.74) is 12.0. The number of hydrogen-bond donors (Lipinski definition) is 26. The zero-order valence-corrected chi connectivity index (χ0v) is 83.4. The second-order valence-corrected chi connectivity index (χ2v) is 38.3. The smallest absolute Gasteiger partial charge is 0.245 e. The van der Waals surface area contributed by atoms with Crippen LogP contribution in [0.3, 0.4) is 0 Å². The summed E-state index contributed by atoms with van der Waals surface area (Å²) in [6.07, 6.45) is 0.631. The number of hydrogen-bond acceptors (Lipinski definition) is 24. The van der Waals surface area contributed by atoms with Gasteiger partial charge in [-0.05, 0) is 177 Å². The van der Waals surface area contributed by atoms with Crippen LogP contribution in [0.25, 0.3) is 21.5 Å². The van der Waals surface area contributed by atoms with Crippen LogP contribution in [-0.4, -0.2) is 306 Å². The molecule has 42 nitrogen and oxygen atoms in total. The maximum absolute atomic E-state index is 14.9. The van der Waals surface area contributed by atoms with Gasteiger partial charge >= 0.3 is 0 Å². The fourth-order valence-corrected chi connectivity index (χ4v) is 18.5. The van der Waals surface area contributed by atoms with E-state index < -0.39 is 132 Å². The molecule has 14 amide bonds. The molecule has 0 unspecified atom stereocenters. The van der Waals surface area contributed by atoms with Crippen LogP contribution in [0, 0.1) is 18.0 Å². The number of phenolic OH excluding ortho intramolecular Hbond substituents is 2. The van der Waals surface area contributed by atoms with Crippen LogP contribution in [0.2, 0.25) is 0 Å². The van der Waals surface area contributed by atoms with Gasteiger partial charge in [0.25, 0.3) is 0 Å². The van der Waals surface area contributed by atoms with E-state index in [0.29, 0.717) is 108 Å². The molecule has 0 aromatic heterocycles. The van der Waals surface area contributed by atoms with E-state index in [0.717, 1.165) is 21.5 Å². The van der Waals surface area contributed by atoms with Crippen molar-refractivity contribution in [1.29, 1.82) is 10.8 Å². The molecule has 758 valence electrons. The first-order chi connectivity index (χ1) is 67.2. The molecule has 11 rings (SSSR count). The molecule has 8 atom stereocenters. The zero-order valence-electron chi connectivity index (χ0n) is 79.0. The van der Waals surface area contributed by atoms with Gasteiger partial charge in [0.15, 0.2) is 11.9 Å². The number of fused-ring (bicyclic) bond motifs is 17. The molecule has 2 bridgehead atoms. The van der Waals surface area contributed by atoms with Crippen molar-refractivity contribution >= 4 is 161 Å². The highest BCUT2D eigenvalue weighted by Gasteiger charge is 2.41. The van der Waals surface area contributed by atoms with E-state index in [-0.39, 0.29) is 189 Å². The number of nitrogens with two attached hydrogens (primary N) is 2. The molecule has 5 aliphatic rings. The van der Waals surface area contributed by atoms with Gasteiger partial charge in [0.2, 0.25) is 82.7 Å². The normalized spacial score (nSPS) is 22.4. The van der Waals surface area contributed by atoms with Gasteiger partial charge in [-0.2, -0.15) is 0 Å². The highest BCUT2D eigenvalue weighted by atomic mass is 127. The summed E-state index contributed by atoms with van der Waals surface area (Å²) in [7, 11) is 2.79. The van der Waals surface area contributed by atoms with Crippen LogP contribution in [0.4, 0.5) is 0 Å². The molecule has 44 heteroatoms. The molecular weight excluding hydrogens is 2030 g/mol. The lowest BCUT2D eigenvalue weighted by molar-refractivity contribution is -0.142. The first-order valence-corrected chi connectivity index (χ1v) is 49.7. The summed E-state index contributed by atoms with van der Waals surface area (Å²) in [6.45, 7) is 4.01. The van der Waals surface area contributed by atoms with Crippen molar-refractivity contribution in [2.45, 2.75) is 175 Å². The van der Waals surface area contributed by atoms with Crippen molar-refractivity contribution in [3.05, 3.63) is 151 Å². The van der Waals surface area contributed by atoms with Crippen molar-refractivity contribution in [3.63, 3.8) is 0 Å². The first-order valence-electron chi connectivity index (χ1n) is 47.6. The molecular formula is C96H134I2N26O16. The van der Waals surface area contributed by atoms with Gasteiger partial charge < -0.3 is 138 Å². The Morgan fingerprint density at radius 2 is 0.679 bits per heavy atom. The molecule has 0 aliphatic carbocycles. The number of carbonyl (C=O) groups excluding carboxylic acids is 14. The number of aromatic hydroxyl groups is 2. The molecule has 5 aliphatic heterocycles. The average molecular weight is 2160 g/mol. The van der Waals surface area contributed by atoms with Crippen molar-refractivity contribution in [2.24, 2.45) is 11.5 Å². The molecule has 5 fully saturated rings. The fraction of sp³-hybridized carbons (Fsp3) is 0.500. The Morgan fingerprint density at radius 3 is 1.03 bits per heavy atom. The van der Waals surface area contributed by atoms with Gasteiger partial charge in [-0.3, -0.25) is 77.9 Å². The minimum Gasteiger partial charge on any atom is -0.507 e. The minimum absolute atomic E-state index is 0.00437. The van der Waals surface area contributed by atoms with E-state index in [4.69, 9.17) is 22.3 Å². The molecule has 0 saturated carbocycles. The average Bonchev–Trinajstić information content (AvgIpc) is 1.08. The van der Waals surface area contributed by atoms with Crippen LogP contribution in [-0.2, 0) is 92.8 Å². The summed E-state index contributed by atoms with van der Waals surface area (Å²) in [5, 5.41) is 101. The SMILES string of the molecule is CN1C(=O)[C@@H](Cc2ccc(O)c(I)c2)NC(=O)CNC(=O)[C@H](Cc2ccc3ccccc3c2)NC(=O)[C@H](CCCNC(=N)N)NC(=O)[C@H]1CCCNC(=O)CCCC(=O)NC12CNCCNCC(NC(=O)CCCC(=O)NCCC[C@H]3C(=O)N[C@H](CCCNC(=N)N)C(=O)N[C@H](Cc4ccc5ccccc5c4)C(=O)NCC(=O)N[C@@H](Cc4ccc(O)c(I)c4)C(=O)N3C)(CNCCNC1)CNCCNC2. The molecule has 5 heterocycles. The molecule has 28 N–H and O–H groups in total. The third-order valence-corrected chi connectivity index (χ3v) is 26.6. The molecule has 6 aromatic carbocycles. The van der Waals surface area contributed by atoms with Gasteiger partial charge in [0, 0.05) is 170 Å². The molecule has 140 heavy (non-hydrogen) atoms. The number of amides is 14. The molecule has 0 spiro atoms. The summed E-state index contributed by atoms with van der Waals surface area (Å²) < 4.78 is 0.948. The molecule has 6 aromatic rings. The fourth-order valence-electron chi connectivity index (χ4n) is 17.3. The Balaban J connectivity index is 0.710. The Bertz CT molecular complexity index is 4980. The molecule has 0 radical (unpaired) electrons. The number of guanidine groups is 2. The van der Waals surface area contributed by atoms with E-state index in [9.17, 15) is 77.3 Å². The summed E-state index contributed by atoms with van der Waals surface area (Å²) >= 11 is 3.88. The van der Waals surface area contributed by atoms with Crippen LogP contribution in [0.15, 0.2) is 121 Å². The lowest BCUT2D eigenvalue weighted by atomic mass is 9.96. The third-order valence-electron chi connectivity index (χ3n) is 24.9. The van der Waals surface area contributed by atoms with E-state index in [1.54, 1.807) is 24.3 Å². The summed E-state index contributed by atoms with van der Waals surface area (Å²) in [6, 6.07) is 25.5. The number of nitrogens with one attached hydrogen (secondary N) is 22. The second-order valence-electron chi connectivity index (χ2n) is 36.0. The Hall–Kier alpha value is -12.2. The third kappa shape index (κ3) is 35.5. The van der Waals surface area contributed by atoms with Crippen molar-refractivity contribution in [1.82, 2.24) is 116 Å². The number of benzene rings is 6. The molecule has 5 saturated heterocycles. The first kappa shape index (κ1) is 110. The highest BCUT2D eigenvalue weighted by Crippen LogP contribution is 2.26. The zero-order chi connectivity index (χ0) is 101. The van der Waals surface area contributed by atoms with Crippen LogP contribution >= 0.6 is 45.2 Å². The highest BCUT2D eigenvalue weighted by molar-refractivity contribution is 14.1. The largest absolute Gasteiger partial charge is 0.507 e. The van der Waals surface area contributed by atoms with Crippen molar-refractivity contribution in [3.8, 4) is 11.5 Å². The summed E-state index contributed by atoms with van der Waals surface area (Å²) in [4.78, 5) is 203. The predicted octanol–water partition coefficient (Wildman–Crippen LogP) is -2.36. The van der Waals surface area contributed by atoms with Gasteiger partial charge in [-0.1, -0.05) is 97.1 Å². The van der Waals surface area contributed by atoms with Gasteiger partial charge in [0.1, 0.15) is 59.8 Å². The second kappa shape index (κ2) is 55.7. The van der Waals surface area contributed by atoms with Gasteiger partial charge in [0.05, 0.1) is 31.3 Å². The number of likely N-dealkylation sites (N-methyl/N-ethyl adjacent to an activating group) is 2. The quantitative estimate of drug-likeness (QED) is 0.00870. The van der Waals surface area contributed by atoms with E-state index in [1.807, 2.05) is 130 Å². The Morgan fingerprint density at radius 1 is 0.371 bits per heavy atom. The summed E-state index contributed by atoms with van der Waals surface area (Å²) in [5.74, 6) is -9.23. The number of phenols is 2. The van der Waals surface area contributed by atoms with Crippen LogP contribution < -0.4 is 118 Å². The predicted molar refractivity (Wildman–Crippen MR) is 545 cm³/mol. The lowest BCUT2D eigenvalue weighted by Gasteiger charge is -2.39. The van der Waals surface area contributed by atoms with Gasteiger partial charge in [-0.25, -0.2) is 0 Å². The lowest BCUT2D eigenvalue weighted by Crippen LogP contribution is -2.68. The number of halogens is 2. The monoisotopic (exact) mass is 2160 g/mol. The van der Waals surface area contributed by atoms with Crippen molar-refractivity contribution in [2.75, 3.05) is 132 Å². The van der Waals surface area contributed by atoms with E-state index in [1.165, 1.54) is 36.0 Å². The van der Waals surface area contributed by atoms with Crippen molar-refractivity contribution < 1.29 is 77.3 Å².